The highest BCUT2D eigenvalue weighted by Crippen LogP contribution is 2.23. The molecule has 0 aromatic carbocycles. The second kappa shape index (κ2) is 5.89. The van der Waals surface area contributed by atoms with Crippen molar-refractivity contribution in [2.45, 2.75) is 27.7 Å². The Morgan fingerprint density at radius 2 is 1.72 bits per heavy atom. The van der Waals surface area contributed by atoms with Gasteiger partial charge in [-0.15, -0.1) is 0 Å². The van der Waals surface area contributed by atoms with E-state index in [4.69, 9.17) is 0 Å². The van der Waals surface area contributed by atoms with E-state index in [-0.39, 0.29) is 11.4 Å². The molecule has 3 amide bonds. The lowest BCUT2D eigenvalue weighted by atomic mass is 9.88. The number of nitrogens with one attached hydrogen (secondary N) is 1. The summed E-state index contributed by atoms with van der Waals surface area (Å²) in [5.41, 5.74) is 1.19. The quantitative estimate of drug-likeness (QED) is 0.757. The summed E-state index contributed by atoms with van der Waals surface area (Å²) in [6.07, 6.45) is 2.60. The minimum absolute atomic E-state index is 0.0590. The number of carbonyl (C=O) groups excluding carboxylic acids is 2. The lowest BCUT2D eigenvalue weighted by Gasteiger charge is -2.32. The molecule has 1 N–H and O–H groups in total. The van der Waals surface area contributed by atoms with Crippen molar-refractivity contribution in [3.8, 4) is 0 Å². The van der Waals surface area contributed by atoms with Crippen LogP contribution in [-0.4, -0.2) is 48.4 Å². The number of urea groups is 1. The number of amides is 3. The first-order valence-electron chi connectivity index (χ1n) is 6.26. The molecule has 0 saturated carbocycles. The predicted octanol–water partition coefficient (Wildman–Crippen LogP) is 1.42. The van der Waals surface area contributed by atoms with Gasteiger partial charge in [0.05, 0.1) is 0 Å². The molecule has 1 heterocycles. The Morgan fingerprint density at radius 3 is 2.17 bits per heavy atom. The SMILES string of the molecule is C/C(=C\NC(=O)N1CCN(C=O)CC1)C(C)(C)C. The highest BCUT2D eigenvalue weighted by molar-refractivity contribution is 5.75. The summed E-state index contributed by atoms with van der Waals surface area (Å²) in [5.74, 6) is 0. The Hall–Kier alpha value is -1.52. The molecule has 0 aliphatic carbocycles. The molecule has 1 aliphatic heterocycles. The van der Waals surface area contributed by atoms with E-state index in [9.17, 15) is 9.59 Å². The van der Waals surface area contributed by atoms with Crippen LogP contribution in [0.4, 0.5) is 4.79 Å². The van der Waals surface area contributed by atoms with Gasteiger partial charge in [-0.1, -0.05) is 26.3 Å². The van der Waals surface area contributed by atoms with Crippen LogP contribution in [0.15, 0.2) is 11.8 Å². The molecular weight excluding hydrogens is 230 g/mol. The molecule has 1 saturated heterocycles. The van der Waals surface area contributed by atoms with Gasteiger partial charge in [0.2, 0.25) is 6.41 Å². The van der Waals surface area contributed by atoms with E-state index in [1.165, 1.54) is 0 Å². The van der Waals surface area contributed by atoms with Crippen LogP contribution < -0.4 is 5.32 Å². The van der Waals surface area contributed by atoms with E-state index in [0.717, 1.165) is 12.0 Å². The van der Waals surface area contributed by atoms with E-state index in [1.54, 1.807) is 16.0 Å². The molecule has 0 spiro atoms. The molecule has 1 aliphatic rings. The summed E-state index contributed by atoms with van der Waals surface area (Å²) >= 11 is 0. The van der Waals surface area contributed by atoms with Crippen LogP contribution in [0.3, 0.4) is 0 Å². The fourth-order valence-corrected chi connectivity index (χ4v) is 1.51. The summed E-state index contributed by atoms with van der Waals surface area (Å²) in [6, 6.07) is -0.0934. The standard InChI is InChI=1S/C13H23N3O2/c1-11(13(2,3)4)9-14-12(18)16-7-5-15(10-17)6-8-16/h9-10H,5-8H2,1-4H3,(H,14,18)/b11-9+. The topological polar surface area (TPSA) is 52.7 Å². The largest absolute Gasteiger partial charge is 0.342 e. The van der Waals surface area contributed by atoms with Gasteiger partial charge in [-0.05, 0) is 12.3 Å². The first-order valence-corrected chi connectivity index (χ1v) is 6.26. The molecule has 1 fully saturated rings. The van der Waals surface area contributed by atoms with Gasteiger partial charge in [-0.25, -0.2) is 4.79 Å². The van der Waals surface area contributed by atoms with Crippen LogP contribution in [0.2, 0.25) is 0 Å². The molecule has 18 heavy (non-hydrogen) atoms. The van der Waals surface area contributed by atoms with Crippen LogP contribution in [0.5, 0.6) is 0 Å². The van der Waals surface area contributed by atoms with Crippen LogP contribution >= 0.6 is 0 Å². The van der Waals surface area contributed by atoms with E-state index < -0.39 is 0 Å². The Balaban J connectivity index is 2.45. The highest BCUT2D eigenvalue weighted by Gasteiger charge is 2.20. The van der Waals surface area contributed by atoms with Crippen molar-refractivity contribution in [2.75, 3.05) is 26.2 Å². The van der Waals surface area contributed by atoms with E-state index in [2.05, 4.69) is 26.1 Å². The molecule has 1 rings (SSSR count). The molecule has 0 unspecified atom stereocenters. The lowest BCUT2D eigenvalue weighted by Crippen LogP contribution is -2.50. The van der Waals surface area contributed by atoms with Gasteiger partial charge in [0, 0.05) is 32.4 Å². The van der Waals surface area contributed by atoms with Gasteiger partial charge in [-0.3, -0.25) is 4.79 Å². The van der Waals surface area contributed by atoms with Crippen molar-refractivity contribution in [2.24, 2.45) is 5.41 Å². The number of hydrogen-bond acceptors (Lipinski definition) is 2. The van der Waals surface area contributed by atoms with Gasteiger partial charge in [0.25, 0.3) is 0 Å². The predicted molar refractivity (Wildman–Crippen MR) is 71.0 cm³/mol. The van der Waals surface area contributed by atoms with Crippen molar-refractivity contribution >= 4 is 12.4 Å². The van der Waals surface area contributed by atoms with Crippen molar-refractivity contribution in [1.29, 1.82) is 0 Å². The van der Waals surface area contributed by atoms with Crippen LogP contribution in [0.1, 0.15) is 27.7 Å². The zero-order valence-corrected chi connectivity index (χ0v) is 11.7. The maximum absolute atomic E-state index is 11.9. The van der Waals surface area contributed by atoms with Gasteiger partial charge < -0.3 is 15.1 Å². The maximum atomic E-state index is 11.9. The van der Waals surface area contributed by atoms with E-state index in [0.29, 0.717) is 26.2 Å². The normalized spacial score (nSPS) is 17.7. The summed E-state index contributed by atoms with van der Waals surface area (Å²) in [4.78, 5) is 25.9. The highest BCUT2D eigenvalue weighted by atomic mass is 16.2. The average molecular weight is 253 g/mol. The first kappa shape index (κ1) is 14.5. The third kappa shape index (κ3) is 4.05. The molecule has 0 atom stereocenters. The minimum Gasteiger partial charge on any atom is -0.342 e. The van der Waals surface area contributed by atoms with Crippen molar-refractivity contribution in [3.05, 3.63) is 11.8 Å². The second-order valence-corrected chi connectivity index (χ2v) is 5.66. The van der Waals surface area contributed by atoms with E-state index in [1.807, 2.05) is 6.92 Å². The lowest BCUT2D eigenvalue weighted by molar-refractivity contribution is -0.119. The number of rotatable bonds is 2. The summed E-state index contributed by atoms with van der Waals surface area (Å²) in [6.45, 7) is 10.7. The van der Waals surface area contributed by atoms with Crippen molar-refractivity contribution < 1.29 is 9.59 Å². The molecule has 0 bridgehead atoms. The molecule has 102 valence electrons. The van der Waals surface area contributed by atoms with Gasteiger partial charge in [0.15, 0.2) is 0 Å². The zero-order valence-electron chi connectivity index (χ0n) is 11.7. The van der Waals surface area contributed by atoms with Crippen LogP contribution in [0.25, 0.3) is 0 Å². The maximum Gasteiger partial charge on any atom is 0.321 e. The Morgan fingerprint density at radius 1 is 1.17 bits per heavy atom. The fourth-order valence-electron chi connectivity index (χ4n) is 1.51. The number of hydrogen-bond donors (Lipinski definition) is 1. The fraction of sp³-hybridized carbons (Fsp3) is 0.692. The van der Waals surface area contributed by atoms with Gasteiger partial charge in [-0.2, -0.15) is 0 Å². The monoisotopic (exact) mass is 253 g/mol. The number of carbonyl (C=O) groups is 2. The molecular formula is C13H23N3O2. The Labute approximate surface area is 109 Å². The Kier molecular flexibility index (Phi) is 4.76. The average Bonchev–Trinajstić information content (AvgIpc) is 2.34. The van der Waals surface area contributed by atoms with Crippen molar-refractivity contribution in [1.82, 2.24) is 15.1 Å². The van der Waals surface area contributed by atoms with Gasteiger partial charge in [0.1, 0.15) is 0 Å². The van der Waals surface area contributed by atoms with Gasteiger partial charge >= 0.3 is 6.03 Å². The summed E-state index contributed by atoms with van der Waals surface area (Å²) in [5, 5.41) is 2.81. The third-order valence-corrected chi connectivity index (χ3v) is 3.35. The first-order chi connectivity index (χ1) is 8.34. The number of piperazine rings is 1. The molecule has 5 heteroatoms. The third-order valence-electron chi connectivity index (χ3n) is 3.35. The molecule has 5 nitrogen and oxygen atoms in total. The zero-order chi connectivity index (χ0) is 13.8. The van der Waals surface area contributed by atoms with E-state index >= 15 is 0 Å². The number of allylic oxidation sites excluding steroid dienone is 1. The molecule has 0 aromatic rings. The summed E-state index contributed by atoms with van der Waals surface area (Å²) < 4.78 is 0. The summed E-state index contributed by atoms with van der Waals surface area (Å²) in [7, 11) is 0. The Bertz CT molecular complexity index is 337. The second-order valence-electron chi connectivity index (χ2n) is 5.66. The number of nitrogens with zero attached hydrogens (tertiary/aromatic N) is 2. The smallest absolute Gasteiger partial charge is 0.321 e. The van der Waals surface area contributed by atoms with Crippen LogP contribution in [-0.2, 0) is 4.79 Å². The van der Waals surface area contributed by atoms with Crippen LogP contribution in [0, 0.1) is 5.41 Å². The molecule has 0 aromatic heterocycles. The minimum atomic E-state index is -0.0934. The van der Waals surface area contributed by atoms with Crippen molar-refractivity contribution in [3.63, 3.8) is 0 Å². The molecule has 0 radical (unpaired) electrons.